The molecule has 17 heavy (non-hydrogen) atoms. The summed E-state index contributed by atoms with van der Waals surface area (Å²) in [5.74, 6) is 0.0785. The van der Waals surface area contributed by atoms with Gasteiger partial charge in [0.15, 0.2) is 0 Å². The standard InChI is InChI=1S/C13H16N2OS/c1-14-7-2-3-13(16)15-11-4-5-12-10(9-11)6-8-17-12/h4-6,8-9,14H,2-3,7H2,1H3,(H,15,16). The van der Waals surface area contributed by atoms with Crippen molar-refractivity contribution in [3.63, 3.8) is 0 Å². The lowest BCUT2D eigenvalue weighted by molar-refractivity contribution is -0.116. The number of benzene rings is 1. The van der Waals surface area contributed by atoms with Gasteiger partial charge < -0.3 is 10.6 Å². The molecule has 0 saturated heterocycles. The summed E-state index contributed by atoms with van der Waals surface area (Å²) in [6, 6.07) is 8.08. The summed E-state index contributed by atoms with van der Waals surface area (Å²) in [5, 5.41) is 9.19. The third-order valence-electron chi connectivity index (χ3n) is 2.57. The molecule has 0 unspecified atom stereocenters. The van der Waals surface area contributed by atoms with Crippen molar-refractivity contribution in [2.45, 2.75) is 12.8 Å². The van der Waals surface area contributed by atoms with Crippen LogP contribution in [0.4, 0.5) is 5.69 Å². The van der Waals surface area contributed by atoms with Crippen molar-refractivity contribution in [2.75, 3.05) is 18.9 Å². The lowest BCUT2D eigenvalue weighted by Crippen LogP contribution is -2.15. The number of fused-ring (bicyclic) bond motifs is 1. The Kier molecular flexibility index (Phi) is 4.12. The van der Waals surface area contributed by atoms with Crippen LogP contribution in [0.2, 0.25) is 0 Å². The molecule has 0 aliphatic rings. The number of carbonyl (C=O) groups excluding carboxylic acids is 1. The molecule has 0 fully saturated rings. The van der Waals surface area contributed by atoms with Gasteiger partial charge >= 0.3 is 0 Å². The summed E-state index contributed by atoms with van der Waals surface area (Å²) < 4.78 is 1.25. The van der Waals surface area contributed by atoms with E-state index < -0.39 is 0 Å². The van der Waals surface area contributed by atoms with Gasteiger partial charge in [-0.05, 0) is 55.0 Å². The van der Waals surface area contributed by atoms with Crippen molar-refractivity contribution >= 4 is 33.0 Å². The van der Waals surface area contributed by atoms with Crippen LogP contribution < -0.4 is 10.6 Å². The molecule has 2 rings (SSSR count). The van der Waals surface area contributed by atoms with Crippen LogP contribution in [0.25, 0.3) is 10.1 Å². The number of nitrogens with one attached hydrogen (secondary N) is 2. The average molecular weight is 248 g/mol. The van der Waals surface area contributed by atoms with Gasteiger partial charge in [-0.3, -0.25) is 4.79 Å². The summed E-state index contributed by atoms with van der Waals surface area (Å²) in [6.07, 6.45) is 1.42. The minimum Gasteiger partial charge on any atom is -0.326 e. The van der Waals surface area contributed by atoms with E-state index in [1.165, 1.54) is 10.1 Å². The first-order valence-corrected chi connectivity index (χ1v) is 6.59. The van der Waals surface area contributed by atoms with E-state index in [0.717, 1.165) is 18.7 Å². The van der Waals surface area contributed by atoms with E-state index in [2.05, 4.69) is 22.1 Å². The Bertz CT molecular complexity index is 507. The van der Waals surface area contributed by atoms with Crippen LogP contribution in [0.5, 0.6) is 0 Å². The normalized spacial score (nSPS) is 10.6. The molecular formula is C13H16N2OS. The van der Waals surface area contributed by atoms with E-state index >= 15 is 0 Å². The highest BCUT2D eigenvalue weighted by molar-refractivity contribution is 7.17. The fourth-order valence-corrected chi connectivity index (χ4v) is 2.46. The van der Waals surface area contributed by atoms with Gasteiger partial charge in [0.05, 0.1) is 0 Å². The van der Waals surface area contributed by atoms with Crippen molar-refractivity contribution in [3.05, 3.63) is 29.6 Å². The second kappa shape index (κ2) is 5.80. The third-order valence-corrected chi connectivity index (χ3v) is 3.46. The van der Waals surface area contributed by atoms with Gasteiger partial charge in [0.25, 0.3) is 0 Å². The van der Waals surface area contributed by atoms with Crippen LogP contribution >= 0.6 is 11.3 Å². The van der Waals surface area contributed by atoms with E-state index in [-0.39, 0.29) is 5.91 Å². The lowest BCUT2D eigenvalue weighted by Gasteiger charge is -2.05. The van der Waals surface area contributed by atoms with E-state index in [0.29, 0.717) is 6.42 Å². The van der Waals surface area contributed by atoms with Crippen molar-refractivity contribution in [2.24, 2.45) is 0 Å². The lowest BCUT2D eigenvalue weighted by atomic mass is 10.2. The van der Waals surface area contributed by atoms with Gasteiger partial charge in [-0.2, -0.15) is 0 Å². The van der Waals surface area contributed by atoms with Crippen LogP contribution in [0.1, 0.15) is 12.8 Å². The summed E-state index contributed by atoms with van der Waals surface area (Å²) in [7, 11) is 1.89. The fraction of sp³-hybridized carbons (Fsp3) is 0.308. The van der Waals surface area contributed by atoms with Gasteiger partial charge in [-0.1, -0.05) is 0 Å². The molecule has 2 aromatic rings. The fourth-order valence-electron chi connectivity index (χ4n) is 1.69. The highest BCUT2D eigenvalue weighted by atomic mass is 32.1. The molecule has 0 saturated carbocycles. The molecule has 4 heteroatoms. The Morgan fingerprint density at radius 2 is 2.24 bits per heavy atom. The molecule has 0 bridgehead atoms. The quantitative estimate of drug-likeness (QED) is 0.799. The van der Waals surface area contributed by atoms with E-state index in [1.807, 2.05) is 25.2 Å². The predicted octanol–water partition coefficient (Wildman–Crippen LogP) is 2.84. The zero-order chi connectivity index (χ0) is 12.1. The number of carbonyl (C=O) groups is 1. The molecule has 3 nitrogen and oxygen atoms in total. The maximum absolute atomic E-state index is 11.6. The minimum absolute atomic E-state index is 0.0785. The molecule has 0 aliphatic heterocycles. The van der Waals surface area contributed by atoms with E-state index in [4.69, 9.17) is 0 Å². The van der Waals surface area contributed by atoms with Crippen LogP contribution in [-0.4, -0.2) is 19.5 Å². The number of anilines is 1. The molecule has 1 amide bonds. The Morgan fingerprint density at radius 1 is 1.35 bits per heavy atom. The summed E-state index contributed by atoms with van der Waals surface area (Å²) in [5.41, 5.74) is 0.880. The second-order valence-electron chi connectivity index (χ2n) is 3.93. The predicted molar refractivity (Wildman–Crippen MR) is 73.6 cm³/mol. The Labute approximate surface area is 105 Å². The molecule has 0 spiro atoms. The molecule has 0 atom stereocenters. The number of hydrogen-bond donors (Lipinski definition) is 2. The molecule has 90 valence electrons. The maximum Gasteiger partial charge on any atom is 0.224 e. The van der Waals surface area contributed by atoms with E-state index in [9.17, 15) is 4.79 Å². The highest BCUT2D eigenvalue weighted by Crippen LogP contribution is 2.23. The van der Waals surface area contributed by atoms with Crippen LogP contribution in [0, 0.1) is 0 Å². The summed E-state index contributed by atoms with van der Waals surface area (Å²) in [4.78, 5) is 11.6. The monoisotopic (exact) mass is 248 g/mol. The van der Waals surface area contributed by atoms with Gasteiger partial charge in [0.1, 0.15) is 0 Å². The smallest absolute Gasteiger partial charge is 0.224 e. The van der Waals surface area contributed by atoms with Gasteiger partial charge in [-0.15, -0.1) is 11.3 Å². The Hall–Kier alpha value is -1.39. The summed E-state index contributed by atoms with van der Waals surface area (Å²) in [6.45, 7) is 0.872. The first kappa shape index (κ1) is 12.1. The van der Waals surface area contributed by atoms with Crippen LogP contribution in [0.3, 0.4) is 0 Å². The minimum atomic E-state index is 0.0785. The highest BCUT2D eigenvalue weighted by Gasteiger charge is 2.03. The van der Waals surface area contributed by atoms with Crippen LogP contribution in [0.15, 0.2) is 29.6 Å². The maximum atomic E-state index is 11.6. The third kappa shape index (κ3) is 3.28. The molecule has 0 aliphatic carbocycles. The molecule has 1 aromatic carbocycles. The zero-order valence-electron chi connectivity index (χ0n) is 9.82. The molecule has 1 aromatic heterocycles. The Morgan fingerprint density at radius 3 is 3.06 bits per heavy atom. The first-order chi connectivity index (χ1) is 8.29. The zero-order valence-corrected chi connectivity index (χ0v) is 10.6. The largest absolute Gasteiger partial charge is 0.326 e. The molecule has 2 N–H and O–H groups in total. The van der Waals surface area contributed by atoms with Crippen molar-refractivity contribution in [1.82, 2.24) is 5.32 Å². The number of thiophene rings is 1. The van der Waals surface area contributed by atoms with Crippen molar-refractivity contribution in [3.8, 4) is 0 Å². The molecule has 0 radical (unpaired) electrons. The van der Waals surface area contributed by atoms with Gasteiger partial charge in [-0.25, -0.2) is 0 Å². The van der Waals surface area contributed by atoms with Crippen LogP contribution in [-0.2, 0) is 4.79 Å². The Balaban J connectivity index is 1.95. The van der Waals surface area contributed by atoms with Crippen molar-refractivity contribution < 1.29 is 4.79 Å². The molecule has 1 heterocycles. The summed E-state index contributed by atoms with van der Waals surface area (Å²) >= 11 is 1.71. The topological polar surface area (TPSA) is 41.1 Å². The molecular weight excluding hydrogens is 232 g/mol. The number of amides is 1. The van der Waals surface area contributed by atoms with Gasteiger partial charge in [0, 0.05) is 16.8 Å². The number of hydrogen-bond acceptors (Lipinski definition) is 3. The second-order valence-corrected chi connectivity index (χ2v) is 4.88. The SMILES string of the molecule is CNCCCC(=O)Nc1ccc2sccc2c1. The van der Waals surface area contributed by atoms with E-state index in [1.54, 1.807) is 11.3 Å². The number of rotatable bonds is 5. The van der Waals surface area contributed by atoms with Crippen molar-refractivity contribution in [1.29, 1.82) is 0 Å². The first-order valence-electron chi connectivity index (χ1n) is 5.71. The average Bonchev–Trinajstić information content (AvgIpc) is 2.76. The van der Waals surface area contributed by atoms with Gasteiger partial charge in [0.2, 0.25) is 5.91 Å².